The van der Waals surface area contributed by atoms with Gasteiger partial charge in [0.15, 0.2) is 5.96 Å². The van der Waals surface area contributed by atoms with Crippen molar-refractivity contribution in [3.63, 3.8) is 0 Å². The number of aliphatic hydroxyl groups is 1. The minimum Gasteiger partial charge on any atom is -0.391 e. The summed E-state index contributed by atoms with van der Waals surface area (Å²) in [5.41, 5.74) is 6.47. The van der Waals surface area contributed by atoms with Crippen molar-refractivity contribution in [3.05, 3.63) is 30.3 Å². The van der Waals surface area contributed by atoms with Crippen LogP contribution < -0.4 is 11.1 Å². The summed E-state index contributed by atoms with van der Waals surface area (Å²) in [7, 11) is 0. The molecule has 1 aromatic carbocycles. The number of hydrogen-bond acceptors (Lipinski definition) is 2. The number of hydrogen-bond donors (Lipinski definition) is 3. The summed E-state index contributed by atoms with van der Waals surface area (Å²) in [4.78, 5) is 3.95. The predicted octanol–water partition coefficient (Wildman–Crippen LogP) is 0.794. The number of aliphatic imine (C=N–C) groups is 1. The molecule has 1 unspecified atom stereocenters. The second-order valence-electron chi connectivity index (χ2n) is 3.07. The van der Waals surface area contributed by atoms with Gasteiger partial charge in [-0.05, 0) is 19.1 Å². The van der Waals surface area contributed by atoms with Gasteiger partial charge in [-0.3, -0.25) is 4.99 Å². The number of aliphatic hydroxyl groups excluding tert-OH is 1. The molecule has 14 heavy (non-hydrogen) atoms. The van der Waals surface area contributed by atoms with E-state index in [1.54, 1.807) is 6.92 Å². The number of nitrogens with one attached hydrogen (secondary N) is 1. The first kappa shape index (κ1) is 10.5. The number of rotatable bonds is 3. The molecular formula is C10H15N3O. The van der Waals surface area contributed by atoms with Gasteiger partial charge in [-0.15, -0.1) is 0 Å². The van der Waals surface area contributed by atoms with Gasteiger partial charge < -0.3 is 16.2 Å². The molecule has 0 aliphatic rings. The Morgan fingerprint density at radius 1 is 1.50 bits per heavy atom. The van der Waals surface area contributed by atoms with Crippen LogP contribution in [0.2, 0.25) is 0 Å². The highest BCUT2D eigenvalue weighted by Gasteiger charge is 1.95. The maximum atomic E-state index is 8.98. The summed E-state index contributed by atoms with van der Waals surface area (Å²) in [6.07, 6.45) is -0.467. The topological polar surface area (TPSA) is 70.6 Å². The Labute approximate surface area is 83.5 Å². The van der Waals surface area contributed by atoms with Crippen molar-refractivity contribution in [1.82, 2.24) is 0 Å². The smallest absolute Gasteiger partial charge is 0.193 e. The zero-order chi connectivity index (χ0) is 10.4. The van der Waals surface area contributed by atoms with E-state index in [1.807, 2.05) is 30.3 Å². The second-order valence-corrected chi connectivity index (χ2v) is 3.07. The van der Waals surface area contributed by atoms with Crippen LogP contribution in [0.4, 0.5) is 5.69 Å². The van der Waals surface area contributed by atoms with Gasteiger partial charge in [-0.25, -0.2) is 0 Å². The molecule has 76 valence electrons. The van der Waals surface area contributed by atoms with Crippen LogP contribution in [-0.2, 0) is 0 Å². The molecule has 1 rings (SSSR count). The van der Waals surface area contributed by atoms with Crippen LogP contribution in [0.25, 0.3) is 0 Å². The lowest BCUT2D eigenvalue weighted by atomic mass is 10.3. The van der Waals surface area contributed by atoms with Crippen LogP contribution in [0.5, 0.6) is 0 Å². The highest BCUT2D eigenvalue weighted by molar-refractivity contribution is 5.92. The van der Waals surface area contributed by atoms with Crippen molar-refractivity contribution in [2.45, 2.75) is 13.0 Å². The van der Waals surface area contributed by atoms with Gasteiger partial charge in [0.25, 0.3) is 0 Å². The molecule has 0 spiro atoms. The lowest BCUT2D eigenvalue weighted by Crippen LogP contribution is -2.24. The van der Waals surface area contributed by atoms with E-state index in [9.17, 15) is 0 Å². The fourth-order valence-electron chi connectivity index (χ4n) is 0.939. The molecule has 0 saturated carbocycles. The molecule has 0 heterocycles. The molecule has 0 amide bonds. The molecule has 4 nitrogen and oxygen atoms in total. The zero-order valence-corrected chi connectivity index (χ0v) is 8.14. The van der Waals surface area contributed by atoms with Crippen molar-refractivity contribution in [3.8, 4) is 0 Å². The molecule has 4 heteroatoms. The summed E-state index contributed by atoms with van der Waals surface area (Å²) >= 11 is 0. The Bertz CT molecular complexity index is 295. The van der Waals surface area contributed by atoms with E-state index in [-0.39, 0.29) is 0 Å². The summed E-state index contributed by atoms with van der Waals surface area (Å²) in [6, 6.07) is 9.53. The first-order chi connectivity index (χ1) is 6.68. The number of anilines is 1. The minimum absolute atomic E-state index is 0.311. The van der Waals surface area contributed by atoms with Gasteiger partial charge >= 0.3 is 0 Å². The van der Waals surface area contributed by atoms with E-state index in [0.29, 0.717) is 12.5 Å². The van der Waals surface area contributed by atoms with Gasteiger partial charge in [-0.1, -0.05) is 18.2 Å². The highest BCUT2D eigenvalue weighted by atomic mass is 16.3. The maximum Gasteiger partial charge on any atom is 0.193 e. The van der Waals surface area contributed by atoms with Crippen LogP contribution >= 0.6 is 0 Å². The number of benzene rings is 1. The average molecular weight is 193 g/mol. The van der Waals surface area contributed by atoms with Gasteiger partial charge in [0.2, 0.25) is 0 Å². The minimum atomic E-state index is -0.467. The summed E-state index contributed by atoms with van der Waals surface area (Å²) < 4.78 is 0. The standard InChI is InChI=1S/C10H15N3O/c1-8(14)7-12-10(11)13-9-5-3-2-4-6-9/h2-6,8,14H,7H2,1H3,(H3,11,12,13). The van der Waals surface area contributed by atoms with Crippen LogP contribution in [0.3, 0.4) is 0 Å². The number of guanidine groups is 1. The third-order valence-corrected chi connectivity index (χ3v) is 1.57. The summed E-state index contributed by atoms with van der Waals surface area (Å²) in [5.74, 6) is 0.317. The molecule has 0 fully saturated rings. The quantitative estimate of drug-likeness (QED) is 0.491. The fourth-order valence-corrected chi connectivity index (χ4v) is 0.939. The molecule has 0 aliphatic carbocycles. The Morgan fingerprint density at radius 3 is 2.71 bits per heavy atom. The Balaban J connectivity index is 2.49. The molecule has 0 aromatic heterocycles. The Kier molecular flexibility index (Phi) is 3.94. The molecule has 4 N–H and O–H groups in total. The van der Waals surface area contributed by atoms with Crippen molar-refractivity contribution in [1.29, 1.82) is 0 Å². The molecule has 0 bridgehead atoms. The zero-order valence-electron chi connectivity index (χ0n) is 8.14. The monoisotopic (exact) mass is 193 g/mol. The molecule has 0 aliphatic heterocycles. The predicted molar refractivity (Wildman–Crippen MR) is 58.2 cm³/mol. The number of nitrogens with zero attached hydrogens (tertiary/aromatic N) is 1. The molecule has 1 aromatic rings. The lowest BCUT2D eigenvalue weighted by molar-refractivity contribution is 0.204. The van der Waals surface area contributed by atoms with Gasteiger partial charge in [0.1, 0.15) is 0 Å². The summed E-state index contributed by atoms with van der Waals surface area (Å²) in [5, 5.41) is 11.9. The normalized spacial score (nSPS) is 13.7. The molecule has 0 saturated heterocycles. The van der Waals surface area contributed by atoms with Gasteiger partial charge in [0.05, 0.1) is 12.6 Å². The van der Waals surface area contributed by atoms with Gasteiger partial charge in [-0.2, -0.15) is 0 Å². The van der Waals surface area contributed by atoms with E-state index in [1.165, 1.54) is 0 Å². The first-order valence-electron chi connectivity index (χ1n) is 4.48. The average Bonchev–Trinajstić information content (AvgIpc) is 2.16. The van der Waals surface area contributed by atoms with E-state index in [4.69, 9.17) is 10.8 Å². The highest BCUT2D eigenvalue weighted by Crippen LogP contribution is 2.03. The van der Waals surface area contributed by atoms with Crippen molar-refractivity contribution in [2.24, 2.45) is 10.7 Å². The van der Waals surface area contributed by atoms with Crippen molar-refractivity contribution in [2.75, 3.05) is 11.9 Å². The van der Waals surface area contributed by atoms with E-state index in [0.717, 1.165) is 5.69 Å². The second kappa shape index (κ2) is 5.24. The number of para-hydroxylation sites is 1. The van der Waals surface area contributed by atoms with Crippen LogP contribution in [0, 0.1) is 0 Å². The first-order valence-corrected chi connectivity index (χ1v) is 4.48. The molecule has 0 radical (unpaired) electrons. The van der Waals surface area contributed by atoms with E-state index >= 15 is 0 Å². The SMILES string of the molecule is CC(O)CN=C(N)Nc1ccccc1. The van der Waals surface area contributed by atoms with Gasteiger partial charge in [0, 0.05) is 5.69 Å². The van der Waals surface area contributed by atoms with Crippen LogP contribution in [0.15, 0.2) is 35.3 Å². The van der Waals surface area contributed by atoms with E-state index < -0.39 is 6.10 Å². The molecular weight excluding hydrogens is 178 g/mol. The fraction of sp³-hybridized carbons (Fsp3) is 0.300. The largest absolute Gasteiger partial charge is 0.391 e. The van der Waals surface area contributed by atoms with Crippen molar-refractivity contribution >= 4 is 11.6 Å². The number of nitrogens with two attached hydrogens (primary N) is 1. The molecule has 1 atom stereocenters. The summed E-state index contributed by atoms with van der Waals surface area (Å²) in [6.45, 7) is 1.98. The Morgan fingerprint density at radius 2 is 2.14 bits per heavy atom. The van der Waals surface area contributed by atoms with Crippen molar-refractivity contribution < 1.29 is 5.11 Å². The van der Waals surface area contributed by atoms with E-state index in [2.05, 4.69) is 10.3 Å². The van der Waals surface area contributed by atoms with Crippen LogP contribution in [-0.4, -0.2) is 23.7 Å². The van der Waals surface area contributed by atoms with Crippen LogP contribution in [0.1, 0.15) is 6.92 Å². The maximum absolute atomic E-state index is 8.98. The third kappa shape index (κ3) is 3.91. The third-order valence-electron chi connectivity index (χ3n) is 1.57. The lowest BCUT2D eigenvalue weighted by Gasteiger charge is -2.05. The Hall–Kier alpha value is -1.55.